The van der Waals surface area contributed by atoms with Crippen LogP contribution >= 0.6 is 0 Å². The minimum atomic E-state index is -0.0246. The zero-order valence-corrected chi connectivity index (χ0v) is 15.4. The molecular weight excluding hydrogens is 338 g/mol. The van der Waals surface area contributed by atoms with Gasteiger partial charge in [0.2, 0.25) is 0 Å². The van der Waals surface area contributed by atoms with E-state index in [1.54, 1.807) is 23.3 Å². The maximum absolute atomic E-state index is 13.3. The number of carbonyl (C=O) groups is 1. The number of aromatic nitrogens is 4. The van der Waals surface area contributed by atoms with Crippen molar-refractivity contribution in [1.82, 2.24) is 24.6 Å². The number of carbonyl (C=O) groups excluding carboxylic acids is 1. The van der Waals surface area contributed by atoms with Crippen LogP contribution in [0.1, 0.15) is 48.3 Å². The summed E-state index contributed by atoms with van der Waals surface area (Å²) in [4.78, 5) is 23.6. The van der Waals surface area contributed by atoms with Gasteiger partial charge in [0.15, 0.2) is 0 Å². The zero-order valence-electron chi connectivity index (χ0n) is 15.4. The molecule has 1 amide bonds. The molecule has 6 nitrogen and oxygen atoms in total. The Morgan fingerprint density at radius 2 is 2.04 bits per heavy atom. The summed E-state index contributed by atoms with van der Waals surface area (Å²) in [5, 5.41) is 4.09. The first-order chi connectivity index (χ1) is 13.2. The van der Waals surface area contributed by atoms with Gasteiger partial charge in [0.1, 0.15) is 18.3 Å². The van der Waals surface area contributed by atoms with Crippen LogP contribution in [-0.2, 0) is 0 Å². The summed E-state index contributed by atoms with van der Waals surface area (Å²) < 4.78 is 1.62. The minimum Gasteiger partial charge on any atom is -0.330 e. The molecule has 0 radical (unpaired) electrons. The van der Waals surface area contributed by atoms with Crippen LogP contribution in [0.15, 0.2) is 61.3 Å². The molecular formula is C21H23N5O. The molecule has 2 heterocycles. The molecule has 1 aliphatic rings. The molecule has 1 saturated carbocycles. The van der Waals surface area contributed by atoms with Crippen LogP contribution < -0.4 is 0 Å². The summed E-state index contributed by atoms with van der Waals surface area (Å²) >= 11 is 0. The first-order valence-electron chi connectivity index (χ1n) is 9.39. The second-order valence-electron chi connectivity index (χ2n) is 7.08. The summed E-state index contributed by atoms with van der Waals surface area (Å²) in [6, 6.07) is 13.8. The van der Waals surface area contributed by atoms with E-state index < -0.39 is 0 Å². The molecule has 138 valence electrons. The fourth-order valence-electron chi connectivity index (χ4n) is 3.42. The molecule has 0 spiro atoms. The minimum absolute atomic E-state index is 0.0103. The Balaban J connectivity index is 1.57. The van der Waals surface area contributed by atoms with Gasteiger partial charge in [-0.2, -0.15) is 5.10 Å². The van der Waals surface area contributed by atoms with Gasteiger partial charge in [0, 0.05) is 6.54 Å². The number of pyridine rings is 1. The molecule has 2 aromatic heterocycles. The largest absolute Gasteiger partial charge is 0.330 e. The van der Waals surface area contributed by atoms with Crippen molar-refractivity contribution in [3.8, 4) is 5.69 Å². The molecule has 0 N–H and O–H groups in total. The number of benzene rings is 1. The summed E-state index contributed by atoms with van der Waals surface area (Å²) in [5.74, 6) is 0.568. The average Bonchev–Trinajstić information content (AvgIpc) is 3.22. The van der Waals surface area contributed by atoms with Crippen molar-refractivity contribution in [2.45, 2.75) is 32.2 Å². The number of rotatable bonds is 6. The van der Waals surface area contributed by atoms with Crippen LogP contribution in [-0.4, -0.2) is 37.1 Å². The molecule has 1 atom stereocenters. The monoisotopic (exact) mass is 361 g/mol. The van der Waals surface area contributed by atoms with Crippen LogP contribution in [0.4, 0.5) is 0 Å². The van der Waals surface area contributed by atoms with Crippen molar-refractivity contribution in [3.05, 3.63) is 72.6 Å². The molecule has 3 aromatic rings. The summed E-state index contributed by atoms with van der Waals surface area (Å²) in [7, 11) is 0. The van der Waals surface area contributed by atoms with Gasteiger partial charge in [-0.15, -0.1) is 0 Å². The van der Waals surface area contributed by atoms with Crippen molar-refractivity contribution in [2.75, 3.05) is 6.54 Å². The van der Waals surface area contributed by atoms with Gasteiger partial charge in [-0.1, -0.05) is 36.8 Å². The lowest BCUT2D eigenvalue weighted by atomic mass is 9.84. The van der Waals surface area contributed by atoms with Crippen LogP contribution in [0, 0.1) is 5.92 Å². The third kappa shape index (κ3) is 3.74. The normalized spacial score (nSPS) is 15.1. The van der Waals surface area contributed by atoms with Gasteiger partial charge in [0.25, 0.3) is 5.91 Å². The predicted octanol–water partition coefficient (Wildman–Crippen LogP) is 3.67. The van der Waals surface area contributed by atoms with E-state index in [9.17, 15) is 4.79 Å². The van der Waals surface area contributed by atoms with Crippen molar-refractivity contribution in [2.24, 2.45) is 5.92 Å². The SMILES string of the molecule is CC(c1ccccc1)N(CC1CCC1)C(=O)c1ccc(-n2cncn2)cn1. The Morgan fingerprint density at radius 1 is 1.22 bits per heavy atom. The van der Waals surface area contributed by atoms with Gasteiger partial charge < -0.3 is 4.90 Å². The fraction of sp³-hybridized carbons (Fsp3) is 0.333. The molecule has 6 heteroatoms. The zero-order chi connectivity index (χ0) is 18.6. The number of nitrogens with zero attached hydrogens (tertiary/aromatic N) is 5. The Morgan fingerprint density at radius 3 is 2.63 bits per heavy atom. The van der Waals surface area contributed by atoms with Crippen LogP contribution in [0.5, 0.6) is 0 Å². The van der Waals surface area contributed by atoms with Gasteiger partial charge >= 0.3 is 0 Å². The third-order valence-electron chi connectivity index (χ3n) is 5.34. The van der Waals surface area contributed by atoms with E-state index in [2.05, 4.69) is 34.1 Å². The molecule has 4 rings (SSSR count). The average molecular weight is 361 g/mol. The molecule has 1 fully saturated rings. The first kappa shape index (κ1) is 17.4. The maximum atomic E-state index is 13.3. The Kier molecular flexibility index (Phi) is 4.96. The summed E-state index contributed by atoms with van der Waals surface area (Å²) in [6.45, 7) is 2.87. The number of hydrogen-bond acceptors (Lipinski definition) is 4. The van der Waals surface area contributed by atoms with Crippen LogP contribution in [0.25, 0.3) is 5.69 Å². The Hall–Kier alpha value is -3.02. The number of amides is 1. The van der Waals surface area contributed by atoms with E-state index in [0.29, 0.717) is 11.6 Å². The molecule has 1 unspecified atom stereocenters. The highest BCUT2D eigenvalue weighted by atomic mass is 16.2. The lowest BCUT2D eigenvalue weighted by Crippen LogP contribution is -2.39. The van der Waals surface area contributed by atoms with E-state index in [0.717, 1.165) is 17.8 Å². The molecule has 27 heavy (non-hydrogen) atoms. The van der Waals surface area contributed by atoms with Crippen molar-refractivity contribution in [3.63, 3.8) is 0 Å². The standard InChI is InChI=1S/C21H23N5O/c1-16(18-8-3-2-4-9-18)25(13-17-6-5-7-17)21(27)20-11-10-19(12-23-20)26-15-22-14-24-26/h2-4,8-12,14-17H,5-7,13H2,1H3. The second-order valence-corrected chi connectivity index (χ2v) is 7.08. The van der Waals surface area contributed by atoms with Crippen molar-refractivity contribution >= 4 is 5.91 Å². The van der Waals surface area contributed by atoms with Gasteiger partial charge in [0.05, 0.1) is 17.9 Å². The molecule has 1 aromatic carbocycles. The Bertz CT molecular complexity index is 873. The van der Waals surface area contributed by atoms with E-state index in [4.69, 9.17) is 0 Å². The molecule has 0 aliphatic heterocycles. The van der Waals surface area contributed by atoms with Crippen LogP contribution in [0.2, 0.25) is 0 Å². The molecule has 0 bridgehead atoms. The van der Waals surface area contributed by atoms with E-state index in [1.807, 2.05) is 29.2 Å². The lowest BCUT2D eigenvalue weighted by Gasteiger charge is -2.36. The predicted molar refractivity (Wildman–Crippen MR) is 102 cm³/mol. The maximum Gasteiger partial charge on any atom is 0.272 e. The quantitative estimate of drug-likeness (QED) is 0.672. The topological polar surface area (TPSA) is 63.9 Å². The van der Waals surface area contributed by atoms with Crippen molar-refractivity contribution < 1.29 is 4.79 Å². The lowest BCUT2D eigenvalue weighted by molar-refractivity contribution is 0.0607. The molecule has 1 aliphatic carbocycles. The van der Waals surface area contributed by atoms with E-state index >= 15 is 0 Å². The van der Waals surface area contributed by atoms with E-state index in [-0.39, 0.29) is 11.9 Å². The van der Waals surface area contributed by atoms with Gasteiger partial charge in [-0.05, 0) is 43.4 Å². The third-order valence-corrected chi connectivity index (χ3v) is 5.34. The Labute approximate surface area is 158 Å². The summed E-state index contributed by atoms with van der Waals surface area (Å²) in [5.41, 5.74) is 2.39. The van der Waals surface area contributed by atoms with Gasteiger partial charge in [-0.3, -0.25) is 4.79 Å². The first-order valence-corrected chi connectivity index (χ1v) is 9.39. The highest BCUT2D eigenvalue weighted by Crippen LogP contribution is 2.31. The van der Waals surface area contributed by atoms with Gasteiger partial charge in [-0.25, -0.2) is 14.6 Å². The smallest absolute Gasteiger partial charge is 0.272 e. The molecule has 0 saturated heterocycles. The highest BCUT2D eigenvalue weighted by molar-refractivity contribution is 5.92. The van der Waals surface area contributed by atoms with Crippen molar-refractivity contribution in [1.29, 1.82) is 0 Å². The second kappa shape index (κ2) is 7.70. The fourth-order valence-corrected chi connectivity index (χ4v) is 3.42. The highest BCUT2D eigenvalue weighted by Gasteiger charge is 2.29. The number of hydrogen-bond donors (Lipinski definition) is 0. The van der Waals surface area contributed by atoms with E-state index in [1.165, 1.54) is 25.6 Å². The summed E-state index contributed by atoms with van der Waals surface area (Å²) in [6.07, 6.45) is 8.40. The van der Waals surface area contributed by atoms with Crippen LogP contribution in [0.3, 0.4) is 0 Å².